The maximum absolute atomic E-state index is 12.7. The molecule has 4 aromatic rings. The van der Waals surface area contributed by atoms with Crippen molar-refractivity contribution in [3.8, 4) is 11.4 Å². The molecular formula is C26H26Cl2N6O2S. The highest BCUT2D eigenvalue weighted by Gasteiger charge is 2.16. The van der Waals surface area contributed by atoms with E-state index in [0.29, 0.717) is 17.0 Å². The molecule has 11 heteroatoms. The van der Waals surface area contributed by atoms with Crippen LogP contribution in [0.15, 0.2) is 48.5 Å². The van der Waals surface area contributed by atoms with Gasteiger partial charge in [0, 0.05) is 30.0 Å². The number of anilines is 2. The Morgan fingerprint density at radius 1 is 1.03 bits per heavy atom. The summed E-state index contributed by atoms with van der Waals surface area (Å²) in [6, 6.07) is 14.8. The Labute approximate surface area is 230 Å². The molecule has 0 atom stereocenters. The number of nitrogens with one attached hydrogen (secondary N) is 2. The molecule has 0 unspecified atom stereocenters. The predicted octanol–water partition coefficient (Wildman–Crippen LogP) is 6.02. The van der Waals surface area contributed by atoms with Gasteiger partial charge in [-0.2, -0.15) is 4.80 Å². The van der Waals surface area contributed by atoms with Crippen LogP contribution in [0.5, 0.6) is 5.75 Å². The first kappa shape index (κ1) is 26.7. The van der Waals surface area contributed by atoms with E-state index in [1.807, 2.05) is 31.2 Å². The number of rotatable bonds is 7. The number of thiocarbonyl (C=S) groups is 1. The first-order chi connectivity index (χ1) is 17.7. The first-order valence-corrected chi connectivity index (χ1v) is 12.8. The predicted molar refractivity (Wildman–Crippen MR) is 154 cm³/mol. The van der Waals surface area contributed by atoms with E-state index < -0.39 is 5.91 Å². The van der Waals surface area contributed by atoms with Crippen LogP contribution in [0.1, 0.15) is 29.8 Å². The molecular weight excluding hydrogens is 531 g/mol. The fourth-order valence-corrected chi connectivity index (χ4v) is 4.76. The zero-order valence-electron chi connectivity index (χ0n) is 20.8. The molecule has 0 fully saturated rings. The van der Waals surface area contributed by atoms with Gasteiger partial charge < -0.3 is 15.0 Å². The van der Waals surface area contributed by atoms with Gasteiger partial charge >= 0.3 is 0 Å². The van der Waals surface area contributed by atoms with Crippen LogP contribution in [0.2, 0.25) is 10.0 Å². The highest BCUT2D eigenvalue weighted by molar-refractivity contribution is 7.80. The lowest BCUT2D eigenvalue weighted by atomic mass is 10.2. The van der Waals surface area contributed by atoms with Crippen molar-refractivity contribution in [1.82, 2.24) is 20.3 Å². The summed E-state index contributed by atoms with van der Waals surface area (Å²) in [6.45, 7) is 8.08. The number of aromatic nitrogens is 3. The molecule has 37 heavy (non-hydrogen) atoms. The van der Waals surface area contributed by atoms with Gasteiger partial charge in [-0.3, -0.25) is 10.1 Å². The van der Waals surface area contributed by atoms with Gasteiger partial charge in [0.1, 0.15) is 11.0 Å². The minimum absolute atomic E-state index is 0.120. The fourth-order valence-electron chi connectivity index (χ4n) is 3.92. The number of ether oxygens (including phenoxy) is 1. The topological polar surface area (TPSA) is 84.3 Å². The molecule has 0 spiro atoms. The van der Waals surface area contributed by atoms with Gasteiger partial charge in [-0.25, -0.2) is 0 Å². The minimum atomic E-state index is -0.457. The Morgan fingerprint density at radius 2 is 1.62 bits per heavy atom. The van der Waals surface area contributed by atoms with Crippen LogP contribution in [-0.2, 0) is 0 Å². The number of aryl methyl sites for hydroxylation is 1. The van der Waals surface area contributed by atoms with Crippen molar-refractivity contribution in [3.63, 3.8) is 0 Å². The Bertz CT molecular complexity index is 1450. The van der Waals surface area contributed by atoms with Crippen LogP contribution in [0.4, 0.5) is 11.4 Å². The molecule has 1 heterocycles. The summed E-state index contributed by atoms with van der Waals surface area (Å²) in [6.07, 6.45) is 0. The first-order valence-electron chi connectivity index (χ1n) is 11.6. The van der Waals surface area contributed by atoms with E-state index in [9.17, 15) is 4.79 Å². The molecule has 0 radical (unpaired) electrons. The number of amides is 1. The molecule has 1 amide bonds. The maximum Gasteiger partial charge on any atom is 0.257 e. The van der Waals surface area contributed by atoms with Gasteiger partial charge in [0.2, 0.25) is 0 Å². The third-order valence-electron chi connectivity index (χ3n) is 5.88. The number of methoxy groups -OCH3 is 1. The second kappa shape index (κ2) is 11.3. The van der Waals surface area contributed by atoms with Gasteiger partial charge in [-0.05, 0) is 87.1 Å². The summed E-state index contributed by atoms with van der Waals surface area (Å²) in [5.41, 5.74) is 5.29. The summed E-state index contributed by atoms with van der Waals surface area (Å²) in [7, 11) is 1.45. The molecule has 2 N–H and O–H groups in total. The van der Waals surface area contributed by atoms with E-state index in [1.165, 1.54) is 19.2 Å². The third kappa shape index (κ3) is 5.79. The van der Waals surface area contributed by atoms with Gasteiger partial charge in [0.15, 0.2) is 10.9 Å². The van der Waals surface area contributed by atoms with E-state index >= 15 is 0 Å². The van der Waals surface area contributed by atoms with Crippen LogP contribution in [0.3, 0.4) is 0 Å². The normalized spacial score (nSPS) is 10.9. The highest BCUT2D eigenvalue weighted by Crippen LogP contribution is 2.33. The van der Waals surface area contributed by atoms with E-state index in [-0.39, 0.29) is 20.7 Å². The van der Waals surface area contributed by atoms with Crippen molar-refractivity contribution in [3.05, 3.63) is 69.7 Å². The third-order valence-corrected chi connectivity index (χ3v) is 6.64. The van der Waals surface area contributed by atoms with E-state index in [0.717, 1.165) is 35.5 Å². The molecule has 0 bridgehead atoms. The van der Waals surface area contributed by atoms with E-state index in [4.69, 9.17) is 40.2 Å². The summed E-state index contributed by atoms with van der Waals surface area (Å²) in [5, 5.41) is 15.5. The summed E-state index contributed by atoms with van der Waals surface area (Å²) in [4.78, 5) is 16.6. The van der Waals surface area contributed by atoms with Crippen molar-refractivity contribution in [2.45, 2.75) is 20.8 Å². The smallest absolute Gasteiger partial charge is 0.257 e. The fraction of sp³-hybridized carbons (Fsp3) is 0.231. The van der Waals surface area contributed by atoms with Crippen molar-refractivity contribution in [2.24, 2.45) is 0 Å². The van der Waals surface area contributed by atoms with E-state index in [2.05, 4.69) is 51.7 Å². The Kier molecular flexibility index (Phi) is 8.16. The van der Waals surface area contributed by atoms with Gasteiger partial charge in [0.05, 0.1) is 22.8 Å². The maximum atomic E-state index is 12.7. The number of halogens is 2. The zero-order chi connectivity index (χ0) is 26.7. The SMILES string of the molecule is CCN(CC)c1ccc(-n2nc3cc(C)c(NC(=S)NC(=O)c4cc(Cl)c(OC)c(Cl)c4)cc3n2)cc1. The standard InChI is InChI=1S/C26H26Cl2N6O2S/c1-5-33(6-2)17-7-9-18(10-8-17)34-31-22-11-15(3)21(14-23(22)32-34)29-26(37)30-25(35)16-12-19(27)24(36-4)20(28)13-16/h7-14H,5-6H2,1-4H3,(H2,29,30,35,37). The average molecular weight is 558 g/mol. The molecule has 0 saturated carbocycles. The van der Waals surface area contributed by atoms with Gasteiger partial charge in [-0.15, -0.1) is 10.2 Å². The molecule has 1 aromatic heterocycles. The minimum Gasteiger partial charge on any atom is -0.494 e. The van der Waals surface area contributed by atoms with Crippen molar-refractivity contribution in [2.75, 3.05) is 30.4 Å². The van der Waals surface area contributed by atoms with Crippen molar-refractivity contribution < 1.29 is 9.53 Å². The number of hydrogen-bond acceptors (Lipinski definition) is 6. The molecule has 0 aliphatic rings. The molecule has 3 aromatic carbocycles. The zero-order valence-corrected chi connectivity index (χ0v) is 23.1. The summed E-state index contributed by atoms with van der Waals surface area (Å²) in [5.74, 6) is -0.154. The van der Waals surface area contributed by atoms with Crippen LogP contribution in [0, 0.1) is 6.92 Å². The average Bonchev–Trinajstić information content (AvgIpc) is 3.27. The monoisotopic (exact) mass is 556 g/mol. The Balaban J connectivity index is 1.50. The number of hydrogen-bond donors (Lipinski definition) is 2. The Hall–Kier alpha value is -3.40. The highest BCUT2D eigenvalue weighted by atomic mass is 35.5. The summed E-state index contributed by atoms with van der Waals surface area (Å²) < 4.78 is 5.12. The lowest BCUT2D eigenvalue weighted by Gasteiger charge is -2.20. The molecule has 0 aliphatic carbocycles. The van der Waals surface area contributed by atoms with Gasteiger partial charge in [0.25, 0.3) is 5.91 Å². The Morgan fingerprint density at radius 3 is 2.19 bits per heavy atom. The molecule has 8 nitrogen and oxygen atoms in total. The lowest BCUT2D eigenvalue weighted by Crippen LogP contribution is -2.34. The van der Waals surface area contributed by atoms with Crippen LogP contribution < -0.4 is 20.3 Å². The molecule has 0 aliphatic heterocycles. The van der Waals surface area contributed by atoms with Crippen LogP contribution >= 0.6 is 35.4 Å². The van der Waals surface area contributed by atoms with Crippen LogP contribution in [-0.4, -0.2) is 46.2 Å². The quantitative estimate of drug-likeness (QED) is 0.269. The lowest BCUT2D eigenvalue weighted by molar-refractivity contribution is 0.0977. The number of nitrogens with zero attached hydrogens (tertiary/aromatic N) is 4. The van der Waals surface area contributed by atoms with Crippen molar-refractivity contribution >= 4 is 68.8 Å². The van der Waals surface area contributed by atoms with E-state index in [1.54, 1.807) is 4.80 Å². The second-order valence-electron chi connectivity index (χ2n) is 8.22. The number of carbonyl (C=O) groups excluding carboxylic acids is 1. The molecule has 4 rings (SSSR count). The number of fused-ring (bicyclic) bond motifs is 1. The van der Waals surface area contributed by atoms with Gasteiger partial charge in [-0.1, -0.05) is 23.2 Å². The van der Waals surface area contributed by atoms with Crippen molar-refractivity contribution in [1.29, 1.82) is 0 Å². The second-order valence-corrected chi connectivity index (χ2v) is 9.44. The van der Waals surface area contributed by atoms with Crippen LogP contribution in [0.25, 0.3) is 16.7 Å². The number of benzene rings is 3. The molecule has 192 valence electrons. The summed E-state index contributed by atoms with van der Waals surface area (Å²) >= 11 is 17.7. The largest absolute Gasteiger partial charge is 0.494 e. The molecule has 0 saturated heterocycles. The number of carbonyl (C=O) groups is 1.